The highest BCUT2D eigenvalue weighted by molar-refractivity contribution is 5.86. The third kappa shape index (κ3) is 4.98. The minimum absolute atomic E-state index is 0.335. The summed E-state index contributed by atoms with van der Waals surface area (Å²) in [5.41, 5.74) is 5.48. The molecule has 0 radical (unpaired) electrons. The van der Waals surface area contributed by atoms with Gasteiger partial charge in [0.25, 0.3) is 5.91 Å². The molecule has 0 saturated carbocycles. The summed E-state index contributed by atoms with van der Waals surface area (Å²) in [5, 5.41) is 3.98. The molecule has 3 aromatic carbocycles. The second-order valence-corrected chi connectivity index (χ2v) is 6.13. The molecule has 0 spiro atoms. The van der Waals surface area contributed by atoms with Crippen molar-refractivity contribution in [3.63, 3.8) is 0 Å². The first kappa shape index (κ1) is 19.2. The van der Waals surface area contributed by atoms with Gasteiger partial charge < -0.3 is 9.47 Å². The molecule has 0 aromatic heterocycles. The van der Waals surface area contributed by atoms with E-state index in [4.69, 9.17) is 9.47 Å². The van der Waals surface area contributed by atoms with Crippen molar-refractivity contribution in [2.75, 3.05) is 7.11 Å². The van der Waals surface area contributed by atoms with Crippen molar-refractivity contribution >= 4 is 12.1 Å². The molecule has 5 nitrogen and oxygen atoms in total. The number of amides is 1. The summed E-state index contributed by atoms with van der Waals surface area (Å²) in [6.07, 6.45) is 0.857. The number of hydrazone groups is 1. The number of benzene rings is 3. The highest BCUT2D eigenvalue weighted by Gasteiger charge is 2.14. The molecule has 0 fully saturated rings. The summed E-state index contributed by atoms with van der Waals surface area (Å²) in [5.74, 6) is 0.970. The molecule has 0 aliphatic carbocycles. The maximum absolute atomic E-state index is 12.2. The van der Waals surface area contributed by atoms with E-state index in [0.29, 0.717) is 11.5 Å². The molecule has 0 aliphatic heterocycles. The van der Waals surface area contributed by atoms with E-state index in [2.05, 4.69) is 10.5 Å². The number of hydrogen-bond acceptors (Lipinski definition) is 4. The Bertz CT molecular complexity index is 938. The lowest BCUT2D eigenvalue weighted by atomic mass is 10.1. The number of ether oxygens (including phenoxy) is 2. The molecule has 0 aliphatic rings. The van der Waals surface area contributed by atoms with Gasteiger partial charge in [-0.3, -0.25) is 4.79 Å². The predicted molar refractivity (Wildman–Crippen MR) is 111 cm³/mol. The Balaban J connectivity index is 1.56. The zero-order valence-corrected chi connectivity index (χ0v) is 15.8. The first-order valence-corrected chi connectivity index (χ1v) is 8.95. The molecule has 1 amide bonds. The van der Waals surface area contributed by atoms with Gasteiger partial charge in [-0.2, -0.15) is 5.10 Å². The van der Waals surface area contributed by atoms with Crippen molar-refractivity contribution in [2.24, 2.45) is 5.10 Å². The summed E-state index contributed by atoms with van der Waals surface area (Å²) in [6.45, 7) is 1.68. The Hall–Kier alpha value is -3.60. The van der Waals surface area contributed by atoms with Crippen LogP contribution in [0.25, 0.3) is 11.1 Å². The van der Waals surface area contributed by atoms with Crippen LogP contribution in [0.1, 0.15) is 12.5 Å². The summed E-state index contributed by atoms with van der Waals surface area (Å²) < 4.78 is 10.9. The quantitative estimate of drug-likeness (QED) is 0.496. The van der Waals surface area contributed by atoms with Gasteiger partial charge >= 0.3 is 0 Å². The van der Waals surface area contributed by atoms with Gasteiger partial charge in [0, 0.05) is 5.56 Å². The van der Waals surface area contributed by atoms with E-state index in [1.165, 1.54) is 6.21 Å². The Morgan fingerprint density at radius 2 is 1.57 bits per heavy atom. The highest BCUT2D eigenvalue weighted by Crippen LogP contribution is 2.22. The molecule has 142 valence electrons. The van der Waals surface area contributed by atoms with Crippen molar-refractivity contribution in [1.29, 1.82) is 0 Å². The molecule has 3 rings (SSSR count). The number of carbonyl (C=O) groups is 1. The summed E-state index contributed by atoms with van der Waals surface area (Å²) in [6, 6.07) is 25.1. The minimum Gasteiger partial charge on any atom is -0.496 e. The number of para-hydroxylation sites is 1. The van der Waals surface area contributed by atoms with Crippen LogP contribution < -0.4 is 14.9 Å². The van der Waals surface area contributed by atoms with Crippen LogP contribution in [0, 0.1) is 0 Å². The van der Waals surface area contributed by atoms with Gasteiger partial charge in [0.2, 0.25) is 0 Å². The molecule has 0 unspecified atom stereocenters. The smallest absolute Gasteiger partial charge is 0.280 e. The number of hydrogen-bond donors (Lipinski definition) is 1. The SMILES string of the molecule is COc1ccccc1/C=N\NC(=O)[C@@H](C)Oc1ccc(-c2ccccc2)cc1. The van der Waals surface area contributed by atoms with Gasteiger partial charge in [-0.1, -0.05) is 54.6 Å². The van der Waals surface area contributed by atoms with Crippen LogP contribution in [0.3, 0.4) is 0 Å². The molecule has 5 heteroatoms. The molecule has 0 bridgehead atoms. The maximum atomic E-state index is 12.2. The molecule has 1 N–H and O–H groups in total. The van der Waals surface area contributed by atoms with E-state index < -0.39 is 6.10 Å². The number of nitrogens with zero attached hydrogens (tertiary/aromatic N) is 1. The fourth-order valence-corrected chi connectivity index (χ4v) is 2.64. The Kier molecular flexibility index (Phi) is 6.41. The molecule has 0 saturated heterocycles. The van der Waals surface area contributed by atoms with Crippen LogP contribution in [-0.4, -0.2) is 25.3 Å². The van der Waals surface area contributed by atoms with Gasteiger partial charge in [-0.25, -0.2) is 5.43 Å². The lowest BCUT2D eigenvalue weighted by Gasteiger charge is -2.13. The minimum atomic E-state index is -0.683. The number of carbonyl (C=O) groups excluding carboxylic acids is 1. The summed E-state index contributed by atoms with van der Waals surface area (Å²) in [4.78, 5) is 12.2. The van der Waals surface area contributed by atoms with Gasteiger partial charge in [0.05, 0.1) is 13.3 Å². The lowest BCUT2D eigenvalue weighted by molar-refractivity contribution is -0.127. The van der Waals surface area contributed by atoms with E-state index in [-0.39, 0.29) is 5.91 Å². The van der Waals surface area contributed by atoms with Crippen LogP contribution in [0.15, 0.2) is 84.0 Å². The molecule has 3 aromatic rings. The number of methoxy groups -OCH3 is 1. The third-order valence-corrected chi connectivity index (χ3v) is 4.16. The monoisotopic (exact) mass is 374 g/mol. The van der Waals surface area contributed by atoms with Gasteiger partial charge in [-0.15, -0.1) is 0 Å². The van der Waals surface area contributed by atoms with E-state index in [1.54, 1.807) is 14.0 Å². The second kappa shape index (κ2) is 9.37. The summed E-state index contributed by atoms with van der Waals surface area (Å²) in [7, 11) is 1.59. The van der Waals surface area contributed by atoms with E-state index in [0.717, 1.165) is 16.7 Å². The standard InChI is InChI=1S/C23H22N2O3/c1-17(23(26)25-24-16-20-10-6-7-11-22(20)27-2)28-21-14-12-19(13-15-21)18-8-4-3-5-9-18/h3-17H,1-2H3,(H,25,26)/b24-16-/t17-/m1/s1. The van der Waals surface area contributed by atoms with Crippen molar-refractivity contribution < 1.29 is 14.3 Å². The Morgan fingerprint density at radius 1 is 0.929 bits per heavy atom. The van der Waals surface area contributed by atoms with Crippen LogP contribution in [-0.2, 0) is 4.79 Å². The number of nitrogens with one attached hydrogen (secondary N) is 1. The average molecular weight is 374 g/mol. The van der Waals surface area contributed by atoms with Crippen molar-refractivity contribution in [2.45, 2.75) is 13.0 Å². The first-order chi connectivity index (χ1) is 13.7. The van der Waals surface area contributed by atoms with Gasteiger partial charge in [0.1, 0.15) is 11.5 Å². The molecule has 1 atom stereocenters. The molecule has 28 heavy (non-hydrogen) atoms. The second-order valence-electron chi connectivity index (χ2n) is 6.13. The average Bonchev–Trinajstić information content (AvgIpc) is 2.75. The Morgan fingerprint density at radius 3 is 2.29 bits per heavy atom. The third-order valence-electron chi connectivity index (χ3n) is 4.16. The van der Waals surface area contributed by atoms with Crippen LogP contribution in [0.2, 0.25) is 0 Å². The zero-order chi connectivity index (χ0) is 19.8. The fraction of sp³-hybridized carbons (Fsp3) is 0.130. The summed E-state index contributed by atoms with van der Waals surface area (Å²) >= 11 is 0. The normalized spacial score (nSPS) is 11.8. The lowest BCUT2D eigenvalue weighted by Crippen LogP contribution is -2.33. The van der Waals surface area contributed by atoms with E-state index in [9.17, 15) is 4.79 Å². The first-order valence-electron chi connectivity index (χ1n) is 8.95. The zero-order valence-electron chi connectivity index (χ0n) is 15.8. The topological polar surface area (TPSA) is 59.9 Å². The van der Waals surface area contributed by atoms with Crippen molar-refractivity contribution in [3.8, 4) is 22.6 Å². The Labute approximate surface area is 164 Å². The highest BCUT2D eigenvalue weighted by atomic mass is 16.5. The predicted octanol–water partition coefficient (Wildman–Crippen LogP) is 4.28. The fourth-order valence-electron chi connectivity index (χ4n) is 2.64. The largest absolute Gasteiger partial charge is 0.496 e. The molecular weight excluding hydrogens is 352 g/mol. The van der Waals surface area contributed by atoms with Crippen molar-refractivity contribution in [1.82, 2.24) is 5.43 Å². The van der Waals surface area contributed by atoms with E-state index in [1.807, 2.05) is 78.9 Å². The van der Waals surface area contributed by atoms with Gasteiger partial charge in [-0.05, 0) is 42.3 Å². The van der Waals surface area contributed by atoms with E-state index >= 15 is 0 Å². The molecular formula is C23H22N2O3. The van der Waals surface area contributed by atoms with Gasteiger partial charge in [0.15, 0.2) is 6.10 Å². The van der Waals surface area contributed by atoms with Crippen LogP contribution in [0.5, 0.6) is 11.5 Å². The number of rotatable bonds is 7. The molecule has 0 heterocycles. The van der Waals surface area contributed by atoms with Crippen LogP contribution >= 0.6 is 0 Å². The maximum Gasteiger partial charge on any atom is 0.280 e. The van der Waals surface area contributed by atoms with Crippen LogP contribution in [0.4, 0.5) is 0 Å². The van der Waals surface area contributed by atoms with Crippen molar-refractivity contribution in [3.05, 3.63) is 84.4 Å².